The highest BCUT2D eigenvalue weighted by molar-refractivity contribution is 6.91. The first kappa shape index (κ1) is 22.6. The van der Waals surface area contributed by atoms with Crippen LogP contribution in [0, 0.1) is 0 Å². The van der Waals surface area contributed by atoms with Gasteiger partial charge in [0.25, 0.3) is 0 Å². The SMILES string of the molecule is CC[Si](CC)(CC)c1cc2cnc(O[C@@H]3C[C@H](C)N(C(=O)OC(C)(C)C)C3)cn2n1. The van der Waals surface area contributed by atoms with Gasteiger partial charge in [0.05, 0.1) is 24.5 Å². The summed E-state index contributed by atoms with van der Waals surface area (Å²) in [6, 6.07) is 5.85. The highest BCUT2D eigenvalue weighted by Crippen LogP contribution is 2.25. The van der Waals surface area contributed by atoms with E-state index < -0.39 is 13.7 Å². The van der Waals surface area contributed by atoms with Crippen LogP contribution in [0.2, 0.25) is 18.1 Å². The van der Waals surface area contributed by atoms with Gasteiger partial charge >= 0.3 is 6.09 Å². The molecule has 30 heavy (non-hydrogen) atoms. The molecule has 0 saturated carbocycles. The zero-order valence-corrected chi connectivity index (χ0v) is 20.4. The zero-order chi connectivity index (χ0) is 22.1. The van der Waals surface area contributed by atoms with Crippen LogP contribution in [-0.2, 0) is 4.74 Å². The number of aromatic nitrogens is 3. The summed E-state index contributed by atoms with van der Waals surface area (Å²) < 4.78 is 13.5. The predicted octanol–water partition coefficient (Wildman–Crippen LogP) is 4.22. The van der Waals surface area contributed by atoms with E-state index in [0.717, 1.165) is 11.9 Å². The predicted molar refractivity (Wildman–Crippen MR) is 121 cm³/mol. The van der Waals surface area contributed by atoms with Crippen molar-refractivity contribution in [1.29, 1.82) is 0 Å². The number of rotatable bonds is 6. The van der Waals surface area contributed by atoms with E-state index in [-0.39, 0.29) is 18.2 Å². The number of amides is 1. The van der Waals surface area contributed by atoms with Crippen LogP contribution in [0.25, 0.3) is 5.52 Å². The second kappa shape index (κ2) is 8.57. The van der Waals surface area contributed by atoms with Crippen LogP contribution in [0.1, 0.15) is 54.9 Å². The summed E-state index contributed by atoms with van der Waals surface area (Å²) in [5, 5.41) is 6.15. The maximum atomic E-state index is 12.4. The summed E-state index contributed by atoms with van der Waals surface area (Å²) in [6.45, 7) is 15.0. The van der Waals surface area contributed by atoms with Crippen LogP contribution in [0.3, 0.4) is 0 Å². The second-order valence-electron chi connectivity index (χ2n) is 9.42. The Bertz CT molecular complexity index is 880. The molecule has 2 atom stereocenters. The maximum Gasteiger partial charge on any atom is 0.410 e. The molecule has 0 bridgehead atoms. The Morgan fingerprint density at radius 2 is 1.90 bits per heavy atom. The fourth-order valence-corrected chi connectivity index (χ4v) is 7.66. The molecule has 0 aliphatic carbocycles. The van der Waals surface area contributed by atoms with E-state index >= 15 is 0 Å². The van der Waals surface area contributed by atoms with E-state index in [1.165, 1.54) is 23.4 Å². The summed E-state index contributed by atoms with van der Waals surface area (Å²) in [4.78, 5) is 18.7. The quantitative estimate of drug-likeness (QED) is 0.639. The topological polar surface area (TPSA) is 69.0 Å². The van der Waals surface area contributed by atoms with Crippen molar-refractivity contribution in [3.63, 3.8) is 0 Å². The minimum atomic E-state index is -1.54. The highest BCUT2D eigenvalue weighted by Gasteiger charge is 2.36. The third kappa shape index (κ3) is 4.63. The monoisotopic (exact) mass is 432 g/mol. The molecule has 1 aliphatic rings. The van der Waals surface area contributed by atoms with Gasteiger partial charge < -0.3 is 14.4 Å². The smallest absolute Gasteiger partial charge is 0.410 e. The highest BCUT2D eigenvalue weighted by atomic mass is 28.3. The fraction of sp³-hybridized carbons (Fsp3) is 0.682. The Morgan fingerprint density at radius 3 is 2.50 bits per heavy atom. The van der Waals surface area contributed by atoms with Gasteiger partial charge in [0.2, 0.25) is 5.88 Å². The fourth-order valence-electron chi connectivity index (χ4n) is 4.30. The molecular formula is C22H36N4O3Si. The molecule has 0 spiro atoms. The van der Waals surface area contributed by atoms with E-state index in [9.17, 15) is 4.79 Å². The molecule has 0 radical (unpaired) electrons. The maximum absolute atomic E-state index is 12.4. The second-order valence-corrected chi connectivity index (χ2v) is 14.6. The van der Waals surface area contributed by atoms with Crippen molar-refractivity contribution in [2.45, 2.75) is 90.8 Å². The van der Waals surface area contributed by atoms with Gasteiger partial charge in [-0.15, -0.1) is 0 Å². The molecule has 3 rings (SSSR count). The molecule has 1 aliphatic heterocycles. The van der Waals surface area contributed by atoms with Gasteiger partial charge in [-0.3, -0.25) is 0 Å². The molecular weight excluding hydrogens is 396 g/mol. The first-order valence-corrected chi connectivity index (χ1v) is 13.7. The number of nitrogens with zero attached hydrogens (tertiary/aromatic N) is 4. The molecule has 1 amide bonds. The normalized spacial score (nSPS) is 20.0. The number of ether oxygens (including phenoxy) is 2. The van der Waals surface area contributed by atoms with Crippen LogP contribution >= 0.6 is 0 Å². The number of hydrogen-bond donors (Lipinski definition) is 0. The summed E-state index contributed by atoms with van der Waals surface area (Å²) in [5.41, 5.74) is 0.494. The first-order valence-electron chi connectivity index (χ1n) is 11.1. The average molecular weight is 433 g/mol. The van der Waals surface area contributed by atoms with E-state index in [4.69, 9.17) is 14.6 Å². The number of carbonyl (C=O) groups excluding carboxylic acids is 1. The van der Waals surface area contributed by atoms with Crippen LogP contribution in [0.15, 0.2) is 18.5 Å². The largest absolute Gasteiger partial charge is 0.471 e. The van der Waals surface area contributed by atoms with Crippen LogP contribution in [-0.4, -0.2) is 58.0 Å². The van der Waals surface area contributed by atoms with Crippen molar-refractivity contribution in [3.8, 4) is 5.88 Å². The minimum absolute atomic E-state index is 0.0650. The molecule has 1 fully saturated rings. The van der Waals surface area contributed by atoms with E-state index in [2.05, 4.69) is 31.8 Å². The summed E-state index contributed by atoms with van der Waals surface area (Å²) in [5.74, 6) is 0.539. The number of fused-ring (bicyclic) bond motifs is 1. The van der Waals surface area contributed by atoms with Crippen molar-refractivity contribution in [2.75, 3.05) is 6.54 Å². The number of carbonyl (C=O) groups is 1. The van der Waals surface area contributed by atoms with Crippen LogP contribution < -0.4 is 10.1 Å². The molecule has 166 valence electrons. The van der Waals surface area contributed by atoms with Crippen molar-refractivity contribution in [1.82, 2.24) is 19.5 Å². The van der Waals surface area contributed by atoms with Gasteiger partial charge in [-0.2, -0.15) is 5.10 Å². The van der Waals surface area contributed by atoms with E-state index in [1.54, 1.807) is 4.90 Å². The Morgan fingerprint density at radius 1 is 1.23 bits per heavy atom. The van der Waals surface area contributed by atoms with Crippen molar-refractivity contribution < 1.29 is 14.3 Å². The molecule has 0 N–H and O–H groups in total. The molecule has 1 saturated heterocycles. The number of likely N-dealkylation sites (tertiary alicyclic amines) is 1. The Kier molecular flexibility index (Phi) is 6.45. The van der Waals surface area contributed by atoms with Crippen molar-refractivity contribution in [2.24, 2.45) is 0 Å². The average Bonchev–Trinajstić information content (AvgIpc) is 3.25. The van der Waals surface area contributed by atoms with Gasteiger partial charge in [-0.05, 0) is 33.8 Å². The molecule has 8 heteroatoms. The summed E-state index contributed by atoms with van der Waals surface area (Å²) >= 11 is 0. The minimum Gasteiger partial charge on any atom is -0.471 e. The molecule has 2 aromatic heterocycles. The lowest BCUT2D eigenvalue weighted by molar-refractivity contribution is 0.0223. The third-order valence-electron chi connectivity index (χ3n) is 6.35. The molecule has 3 heterocycles. The van der Waals surface area contributed by atoms with Gasteiger partial charge in [0.15, 0.2) is 0 Å². The number of hydrogen-bond acceptors (Lipinski definition) is 5. The van der Waals surface area contributed by atoms with Gasteiger partial charge in [0, 0.05) is 17.8 Å². The van der Waals surface area contributed by atoms with Crippen LogP contribution in [0.5, 0.6) is 5.88 Å². The van der Waals surface area contributed by atoms with Gasteiger partial charge in [0.1, 0.15) is 19.8 Å². The Hall–Kier alpha value is -2.09. The van der Waals surface area contributed by atoms with Gasteiger partial charge in [-0.1, -0.05) is 38.9 Å². The lowest BCUT2D eigenvalue weighted by atomic mass is 10.2. The van der Waals surface area contributed by atoms with E-state index in [0.29, 0.717) is 12.4 Å². The molecule has 0 aromatic carbocycles. The molecule has 7 nitrogen and oxygen atoms in total. The molecule has 2 aromatic rings. The summed E-state index contributed by atoms with van der Waals surface area (Å²) in [7, 11) is -1.54. The lowest BCUT2D eigenvalue weighted by Crippen LogP contribution is -2.46. The first-order chi connectivity index (χ1) is 14.1. The van der Waals surface area contributed by atoms with Gasteiger partial charge in [-0.25, -0.2) is 14.3 Å². The van der Waals surface area contributed by atoms with Crippen molar-refractivity contribution >= 4 is 25.0 Å². The van der Waals surface area contributed by atoms with Crippen LogP contribution in [0.4, 0.5) is 4.79 Å². The lowest BCUT2D eigenvalue weighted by Gasteiger charge is -2.26. The van der Waals surface area contributed by atoms with E-state index in [1.807, 2.05) is 44.6 Å². The molecule has 0 unspecified atom stereocenters. The summed E-state index contributed by atoms with van der Waals surface area (Å²) in [6.07, 6.45) is 4.04. The van der Waals surface area contributed by atoms with Crippen molar-refractivity contribution in [3.05, 3.63) is 18.5 Å². The Labute approximate surface area is 180 Å². The standard InChI is InChI=1S/C22H36N4O3Si/c1-8-30(9-2,10-3)20-12-17-13-23-19(15-26(17)24-20)28-18-11-16(4)25(14-18)21(27)29-22(5,6)7/h12-13,15-16,18H,8-11,14H2,1-7H3/t16-,18+/m0/s1. The zero-order valence-electron chi connectivity index (χ0n) is 19.4. The Balaban J connectivity index is 1.73. The third-order valence-corrected chi connectivity index (χ3v) is 11.7.